The molecule has 1 heterocycles. The molecule has 108 valence electrons. The van der Waals surface area contributed by atoms with Crippen LogP contribution in [0.2, 0.25) is 5.02 Å². The first-order valence-corrected chi connectivity index (χ1v) is 6.57. The van der Waals surface area contributed by atoms with Gasteiger partial charge in [0.1, 0.15) is 5.66 Å². The first kappa shape index (κ1) is 14.5. The van der Waals surface area contributed by atoms with Crippen molar-refractivity contribution in [2.24, 2.45) is 21.5 Å². The molecule has 2 rings (SSSR count). The molecule has 7 heteroatoms. The number of aliphatic imine (C=N–C) groups is 2. The summed E-state index contributed by atoms with van der Waals surface area (Å²) in [5.41, 5.74) is 12.8. The van der Waals surface area contributed by atoms with Crippen molar-refractivity contribution in [3.63, 3.8) is 0 Å². The number of nitrogens with two attached hydrogens (primary N) is 2. The zero-order chi connectivity index (χ0) is 15.1. The second kappa shape index (κ2) is 4.86. The average molecular weight is 295 g/mol. The van der Waals surface area contributed by atoms with E-state index < -0.39 is 5.66 Å². The van der Waals surface area contributed by atoms with Gasteiger partial charge in [-0.25, -0.2) is 4.99 Å². The van der Waals surface area contributed by atoms with Crippen molar-refractivity contribution in [2.75, 3.05) is 23.9 Å². The third-order valence-electron chi connectivity index (χ3n) is 3.06. The molecule has 4 N–H and O–H groups in total. The molecule has 0 saturated carbocycles. The topological polar surface area (TPSA) is 83.2 Å². The molecule has 0 bridgehead atoms. The average Bonchev–Trinajstić information content (AvgIpc) is 2.25. The highest BCUT2D eigenvalue weighted by Gasteiger charge is 2.33. The quantitative estimate of drug-likeness (QED) is 0.868. The van der Waals surface area contributed by atoms with Crippen molar-refractivity contribution in [1.29, 1.82) is 0 Å². The van der Waals surface area contributed by atoms with Crippen molar-refractivity contribution < 1.29 is 0 Å². The summed E-state index contributed by atoms with van der Waals surface area (Å²) in [6.07, 6.45) is 0. The molecule has 0 spiro atoms. The summed E-state index contributed by atoms with van der Waals surface area (Å²) in [4.78, 5) is 12.1. The van der Waals surface area contributed by atoms with Crippen LogP contribution < -0.4 is 21.3 Å². The van der Waals surface area contributed by atoms with Crippen molar-refractivity contribution >= 4 is 34.9 Å². The maximum absolute atomic E-state index is 6.30. The molecule has 1 aromatic rings. The van der Waals surface area contributed by atoms with Crippen LogP contribution in [0.5, 0.6) is 0 Å². The highest BCUT2D eigenvalue weighted by Crippen LogP contribution is 2.33. The Kier molecular flexibility index (Phi) is 3.52. The van der Waals surface area contributed by atoms with Crippen LogP contribution >= 0.6 is 11.6 Å². The number of rotatable bonds is 2. The van der Waals surface area contributed by atoms with Crippen LogP contribution in [0.3, 0.4) is 0 Å². The molecule has 0 unspecified atom stereocenters. The highest BCUT2D eigenvalue weighted by molar-refractivity contribution is 6.33. The van der Waals surface area contributed by atoms with E-state index in [1.807, 2.05) is 51.0 Å². The fourth-order valence-corrected chi connectivity index (χ4v) is 2.59. The molecule has 1 aliphatic heterocycles. The second-order valence-corrected chi connectivity index (χ2v) is 5.71. The predicted octanol–water partition coefficient (Wildman–Crippen LogP) is 1.59. The summed E-state index contributed by atoms with van der Waals surface area (Å²) in [6, 6.07) is 5.71. The summed E-state index contributed by atoms with van der Waals surface area (Å²) in [5.74, 6) is 0.482. The van der Waals surface area contributed by atoms with Gasteiger partial charge in [0.15, 0.2) is 0 Å². The Morgan fingerprint density at radius 2 is 1.90 bits per heavy atom. The minimum absolute atomic E-state index is 0.180. The first-order chi connectivity index (χ1) is 9.22. The number of guanidine groups is 2. The van der Waals surface area contributed by atoms with Crippen LogP contribution in [0.1, 0.15) is 13.8 Å². The van der Waals surface area contributed by atoms with Gasteiger partial charge in [-0.05, 0) is 32.0 Å². The second-order valence-electron chi connectivity index (χ2n) is 5.30. The van der Waals surface area contributed by atoms with E-state index in [9.17, 15) is 0 Å². The lowest BCUT2D eigenvalue weighted by Gasteiger charge is -2.38. The van der Waals surface area contributed by atoms with Crippen molar-refractivity contribution in [2.45, 2.75) is 19.5 Å². The fourth-order valence-electron chi connectivity index (χ4n) is 2.25. The Bertz CT molecular complexity index is 591. The van der Waals surface area contributed by atoms with Crippen LogP contribution in [0.25, 0.3) is 0 Å². The lowest BCUT2D eigenvalue weighted by molar-refractivity contribution is 0.534. The van der Waals surface area contributed by atoms with Crippen LogP contribution in [0, 0.1) is 0 Å². The standard InChI is InChI=1S/C13H19ClN6/c1-13(2)18-11(15)17-12(16)20(13)8-5-6-10(19(3)4)9(14)7-8/h5-7H,1-4H3,(H4,15,16,17,18). The molecule has 0 saturated heterocycles. The molecule has 0 aromatic heterocycles. The van der Waals surface area contributed by atoms with Crippen LogP contribution in [-0.4, -0.2) is 31.7 Å². The smallest absolute Gasteiger partial charge is 0.220 e. The summed E-state index contributed by atoms with van der Waals surface area (Å²) < 4.78 is 0. The van der Waals surface area contributed by atoms with E-state index in [-0.39, 0.29) is 5.96 Å². The summed E-state index contributed by atoms with van der Waals surface area (Å²) >= 11 is 6.30. The Balaban J connectivity index is 2.47. The molecular weight excluding hydrogens is 276 g/mol. The third kappa shape index (κ3) is 2.51. The molecule has 0 amide bonds. The highest BCUT2D eigenvalue weighted by atomic mass is 35.5. The van der Waals surface area contributed by atoms with Gasteiger partial charge in [-0.15, -0.1) is 0 Å². The molecular formula is C13H19ClN6. The number of benzene rings is 1. The van der Waals surface area contributed by atoms with Gasteiger partial charge in [-0.1, -0.05) is 11.6 Å². The Morgan fingerprint density at radius 3 is 2.40 bits per heavy atom. The van der Waals surface area contributed by atoms with E-state index in [4.69, 9.17) is 23.1 Å². The lowest BCUT2D eigenvalue weighted by atomic mass is 10.1. The van der Waals surface area contributed by atoms with E-state index in [0.29, 0.717) is 11.0 Å². The minimum atomic E-state index is -0.612. The molecule has 1 aliphatic rings. The predicted molar refractivity (Wildman–Crippen MR) is 85.6 cm³/mol. The molecule has 0 fully saturated rings. The van der Waals surface area contributed by atoms with Gasteiger partial charge in [0.2, 0.25) is 11.9 Å². The zero-order valence-corrected chi connectivity index (χ0v) is 12.8. The first-order valence-electron chi connectivity index (χ1n) is 6.19. The van der Waals surface area contributed by atoms with Gasteiger partial charge < -0.3 is 16.4 Å². The minimum Gasteiger partial charge on any atom is -0.376 e. The third-order valence-corrected chi connectivity index (χ3v) is 3.37. The molecule has 0 atom stereocenters. The number of halogens is 1. The maximum atomic E-state index is 6.30. The van der Waals surface area contributed by atoms with Gasteiger partial charge >= 0.3 is 0 Å². The van der Waals surface area contributed by atoms with E-state index in [0.717, 1.165) is 11.4 Å². The number of anilines is 2. The summed E-state index contributed by atoms with van der Waals surface area (Å²) in [6.45, 7) is 3.82. The fraction of sp³-hybridized carbons (Fsp3) is 0.385. The largest absolute Gasteiger partial charge is 0.376 e. The number of hydrogen-bond donors (Lipinski definition) is 2. The Hall–Kier alpha value is -1.95. The normalized spacial score (nSPS) is 17.6. The van der Waals surface area contributed by atoms with Gasteiger partial charge in [-0.3, -0.25) is 4.90 Å². The molecule has 0 radical (unpaired) electrons. The van der Waals surface area contributed by atoms with E-state index in [2.05, 4.69) is 9.98 Å². The van der Waals surface area contributed by atoms with E-state index >= 15 is 0 Å². The van der Waals surface area contributed by atoms with Gasteiger partial charge in [0.25, 0.3) is 0 Å². The van der Waals surface area contributed by atoms with Crippen LogP contribution in [-0.2, 0) is 0 Å². The van der Waals surface area contributed by atoms with Crippen LogP contribution in [0.15, 0.2) is 28.2 Å². The Labute approximate surface area is 123 Å². The summed E-state index contributed by atoms with van der Waals surface area (Å²) in [7, 11) is 3.87. The molecule has 1 aromatic carbocycles. The molecule has 0 aliphatic carbocycles. The number of nitrogens with zero attached hydrogens (tertiary/aromatic N) is 4. The van der Waals surface area contributed by atoms with Crippen molar-refractivity contribution in [1.82, 2.24) is 0 Å². The maximum Gasteiger partial charge on any atom is 0.220 e. The van der Waals surface area contributed by atoms with Crippen molar-refractivity contribution in [3.8, 4) is 0 Å². The monoisotopic (exact) mass is 294 g/mol. The molecule has 6 nitrogen and oxygen atoms in total. The van der Waals surface area contributed by atoms with Crippen molar-refractivity contribution in [3.05, 3.63) is 23.2 Å². The SMILES string of the molecule is CN(C)c1ccc(N2C(N)=NC(N)=NC2(C)C)cc1Cl. The van der Waals surface area contributed by atoms with E-state index in [1.54, 1.807) is 4.90 Å². The van der Waals surface area contributed by atoms with Crippen LogP contribution in [0.4, 0.5) is 11.4 Å². The van der Waals surface area contributed by atoms with E-state index in [1.165, 1.54) is 0 Å². The van der Waals surface area contributed by atoms with Gasteiger partial charge in [-0.2, -0.15) is 4.99 Å². The zero-order valence-electron chi connectivity index (χ0n) is 12.1. The number of hydrogen-bond acceptors (Lipinski definition) is 6. The van der Waals surface area contributed by atoms with Gasteiger partial charge in [0, 0.05) is 19.8 Å². The Morgan fingerprint density at radius 1 is 1.25 bits per heavy atom. The summed E-state index contributed by atoms with van der Waals surface area (Å²) in [5, 5.41) is 0.638. The van der Waals surface area contributed by atoms with Gasteiger partial charge in [0.05, 0.1) is 10.7 Å². The lowest BCUT2D eigenvalue weighted by Crippen LogP contribution is -2.54. The molecule has 20 heavy (non-hydrogen) atoms.